The number of oxazole rings is 2. The molecule has 294 valence electrons. The fourth-order valence-electron chi connectivity index (χ4n) is 8.99. The lowest BCUT2D eigenvalue weighted by Gasteiger charge is -2.25. The van der Waals surface area contributed by atoms with Gasteiger partial charge in [0.15, 0.2) is 11.2 Å². The molecule has 0 atom stereocenters. The van der Waals surface area contributed by atoms with Crippen LogP contribution >= 0.6 is 0 Å². The fourth-order valence-corrected chi connectivity index (χ4v) is 8.99. The summed E-state index contributed by atoms with van der Waals surface area (Å²) in [6, 6.07) is 62.8. The van der Waals surface area contributed by atoms with E-state index in [4.69, 9.17) is 18.8 Å². The lowest BCUT2D eigenvalue weighted by atomic mass is 9.78. The van der Waals surface area contributed by atoms with Crippen molar-refractivity contribution in [2.75, 3.05) is 0 Å². The van der Waals surface area contributed by atoms with Crippen molar-refractivity contribution in [2.24, 2.45) is 0 Å². The normalized spacial score (nSPS) is 13.1. The molecule has 1 aliphatic carbocycles. The molecule has 0 aliphatic heterocycles. The van der Waals surface area contributed by atoms with Gasteiger partial charge in [-0.05, 0) is 157 Å². The molecule has 10 aromatic rings. The average Bonchev–Trinajstić information content (AvgIpc) is 3.99. The van der Waals surface area contributed by atoms with Crippen LogP contribution in [-0.4, -0.2) is 9.97 Å². The van der Waals surface area contributed by atoms with Crippen LogP contribution in [0.1, 0.15) is 51.3 Å². The Morgan fingerprint density at radius 3 is 1.31 bits per heavy atom. The minimum atomic E-state index is -0.102. The number of rotatable bonds is 6. The predicted molar refractivity (Wildman–Crippen MR) is 250 cm³/mol. The third-order valence-electron chi connectivity index (χ3n) is 12.5. The molecule has 0 spiro atoms. The summed E-state index contributed by atoms with van der Waals surface area (Å²) in [5, 5.41) is 0. The van der Waals surface area contributed by atoms with Gasteiger partial charge in [0.05, 0.1) is 0 Å². The van der Waals surface area contributed by atoms with Crippen molar-refractivity contribution in [2.45, 2.75) is 45.4 Å². The molecule has 1 aliphatic rings. The van der Waals surface area contributed by atoms with Gasteiger partial charge in [-0.3, -0.25) is 0 Å². The number of nitrogens with zero attached hydrogens (tertiary/aromatic N) is 2. The van der Waals surface area contributed by atoms with Crippen molar-refractivity contribution in [3.05, 3.63) is 193 Å². The Morgan fingerprint density at radius 2 is 0.787 bits per heavy atom. The largest absolute Gasteiger partial charge is 0.436 e. The summed E-state index contributed by atoms with van der Waals surface area (Å²) >= 11 is 0. The van der Waals surface area contributed by atoms with E-state index in [1.807, 2.05) is 48.5 Å². The highest BCUT2D eigenvalue weighted by Crippen LogP contribution is 2.51. The second-order valence-electron chi connectivity index (χ2n) is 17.9. The van der Waals surface area contributed by atoms with Crippen molar-refractivity contribution in [1.29, 1.82) is 0 Å². The van der Waals surface area contributed by atoms with E-state index in [1.54, 1.807) is 0 Å². The first-order valence-corrected chi connectivity index (χ1v) is 21.0. The van der Waals surface area contributed by atoms with Crippen molar-refractivity contribution >= 4 is 22.2 Å². The summed E-state index contributed by atoms with van der Waals surface area (Å²) in [5.41, 5.74) is 21.2. The molecule has 11 rings (SSSR count). The Labute approximate surface area is 356 Å². The first-order chi connectivity index (χ1) is 29.5. The van der Waals surface area contributed by atoms with Gasteiger partial charge in [0, 0.05) is 16.5 Å². The zero-order valence-electron chi connectivity index (χ0n) is 35.0. The average molecular weight is 789 g/mol. The van der Waals surface area contributed by atoms with Gasteiger partial charge in [-0.15, -0.1) is 0 Å². The molecule has 8 aromatic carbocycles. The molecule has 0 radical (unpaired) electrons. The maximum absolute atomic E-state index is 6.11. The van der Waals surface area contributed by atoms with Crippen molar-refractivity contribution in [1.82, 2.24) is 9.97 Å². The molecule has 4 nitrogen and oxygen atoms in total. The standard InChI is InChI=1S/C57H44N2O2/c1-56(2,3)45-26-28-47-46-27-25-41(33-48(46)57(4,5)49(47)34-45)39-11-10-12-40(29-39)44-31-42(35-17-21-37(22-18-35)54-58-50-13-6-8-15-52(50)60-54)30-43(32-44)36-19-23-38(24-20-36)55-59-51-14-7-9-16-53(51)61-55/h6-34H,1-5H3. The van der Waals surface area contributed by atoms with Gasteiger partial charge < -0.3 is 8.83 Å². The minimum absolute atomic E-state index is 0.0927. The van der Waals surface area contributed by atoms with Gasteiger partial charge in [-0.25, -0.2) is 9.97 Å². The van der Waals surface area contributed by atoms with Gasteiger partial charge in [-0.2, -0.15) is 0 Å². The number of hydrogen-bond acceptors (Lipinski definition) is 4. The first-order valence-electron chi connectivity index (χ1n) is 21.0. The Bertz CT molecular complexity index is 3100. The molecule has 0 fully saturated rings. The summed E-state index contributed by atoms with van der Waals surface area (Å²) in [6.45, 7) is 11.6. The van der Waals surface area contributed by atoms with Crippen molar-refractivity contribution in [3.8, 4) is 78.5 Å². The summed E-state index contributed by atoms with van der Waals surface area (Å²) < 4.78 is 12.2. The van der Waals surface area contributed by atoms with E-state index in [0.717, 1.165) is 66.7 Å². The predicted octanol–water partition coefficient (Wildman–Crippen LogP) is 15.6. The van der Waals surface area contributed by atoms with Crippen molar-refractivity contribution < 1.29 is 8.83 Å². The molecule has 2 aromatic heterocycles. The quantitative estimate of drug-likeness (QED) is 0.168. The second kappa shape index (κ2) is 13.9. The summed E-state index contributed by atoms with van der Waals surface area (Å²) in [6.07, 6.45) is 0. The van der Waals surface area contributed by atoms with E-state index in [9.17, 15) is 0 Å². The van der Waals surface area contributed by atoms with Crippen LogP contribution in [0, 0.1) is 0 Å². The Balaban J connectivity index is 0.976. The molecule has 0 saturated carbocycles. The molecule has 0 saturated heterocycles. The molecular weight excluding hydrogens is 745 g/mol. The van der Waals surface area contributed by atoms with Crippen LogP contribution in [0.25, 0.3) is 101 Å². The molecule has 0 bridgehead atoms. The van der Waals surface area contributed by atoms with E-state index in [0.29, 0.717) is 11.8 Å². The fraction of sp³-hybridized carbons (Fsp3) is 0.123. The van der Waals surface area contributed by atoms with Crippen LogP contribution in [0.4, 0.5) is 0 Å². The summed E-state index contributed by atoms with van der Waals surface area (Å²) in [7, 11) is 0. The SMILES string of the molecule is CC(C)(C)c1ccc2c(c1)C(C)(C)c1cc(-c3cccc(-c4cc(-c5ccc(-c6nc7ccccc7o6)cc5)cc(-c5ccc(-c6nc7ccccc7o6)cc5)c4)c3)ccc1-2. The highest BCUT2D eigenvalue weighted by Gasteiger charge is 2.36. The van der Waals surface area contributed by atoms with Crippen LogP contribution in [0.3, 0.4) is 0 Å². The molecule has 0 N–H and O–H groups in total. The number of aromatic nitrogens is 2. The van der Waals surface area contributed by atoms with Crippen LogP contribution in [0.2, 0.25) is 0 Å². The van der Waals surface area contributed by atoms with Crippen LogP contribution in [0.15, 0.2) is 185 Å². The third-order valence-corrected chi connectivity index (χ3v) is 12.5. The summed E-state index contributed by atoms with van der Waals surface area (Å²) in [4.78, 5) is 9.48. The van der Waals surface area contributed by atoms with E-state index in [2.05, 4.69) is 162 Å². The molecule has 0 unspecified atom stereocenters. The number of benzene rings is 8. The maximum atomic E-state index is 6.11. The lowest BCUT2D eigenvalue weighted by molar-refractivity contribution is 0.584. The van der Waals surface area contributed by atoms with Crippen LogP contribution in [0.5, 0.6) is 0 Å². The smallest absolute Gasteiger partial charge is 0.227 e. The first kappa shape index (κ1) is 36.8. The van der Waals surface area contributed by atoms with E-state index < -0.39 is 0 Å². The van der Waals surface area contributed by atoms with Gasteiger partial charge in [0.1, 0.15) is 11.0 Å². The number of hydrogen-bond donors (Lipinski definition) is 0. The highest BCUT2D eigenvalue weighted by atomic mass is 16.4. The Morgan fingerprint density at radius 1 is 0.377 bits per heavy atom. The van der Waals surface area contributed by atoms with Crippen LogP contribution in [-0.2, 0) is 10.8 Å². The molecule has 2 heterocycles. The van der Waals surface area contributed by atoms with Gasteiger partial charge in [0.25, 0.3) is 0 Å². The maximum Gasteiger partial charge on any atom is 0.227 e. The zero-order valence-corrected chi connectivity index (χ0v) is 35.0. The Kier molecular flexibility index (Phi) is 8.37. The number of para-hydroxylation sites is 4. The third kappa shape index (κ3) is 6.47. The van der Waals surface area contributed by atoms with Gasteiger partial charge in [-0.1, -0.05) is 132 Å². The van der Waals surface area contributed by atoms with Gasteiger partial charge in [0.2, 0.25) is 11.8 Å². The highest BCUT2D eigenvalue weighted by molar-refractivity contribution is 5.87. The number of fused-ring (bicyclic) bond motifs is 5. The van der Waals surface area contributed by atoms with Crippen LogP contribution < -0.4 is 0 Å². The summed E-state index contributed by atoms with van der Waals surface area (Å²) in [5.74, 6) is 1.23. The minimum Gasteiger partial charge on any atom is -0.436 e. The topological polar surface area (TPSA) is 52.1 Å². The van der Waals surface area contributed by atoms with Crippen molar-refractivity contribution in [3.63, 3.8) is 0 Å². The molecule has 61 heavy (non-hydrogen) atoms. The monoisotopic (exact) mass is 788 g/mol. The van der Waals surface area contributed by atoms with E-state index >= 15 is 0 Å². The van der Waals surface area contributed by atoms with Gasteiger partial charge >= 0.3 is 0 Å². The molecular formula is C57H44N2O2. The molecule has 4 heteroatoms. The van der Waals surface area contributed by atoms with E-state index in [-0.39, 0.29) is 10.8 Å². The zero-order chi connectivity index (χ0) is 41.5. The Hall–Kier alpha value is -7.30. The van der Waals surface area contributed by atoms with E-state index in [1.165, 1.54) is 38.9 Å². The second-order valence-corrected chi connectivity index (χ2v) is 17.9. The lowest BCUT2D eigenvalue weighted by Crippen LogP contribution is -2.17. The molecule has 0 amide bonds.